The van der Waals surface area contributed by atoms with Crippen LogP contribution in [0.4, 0.5) is 0 Å². The van der Waals surface area contributed by atoms with Crippen LogP contribution in [-0.4, -0.2) is 29.8 Å². The molecule has 0 spiro atoms. The van der Waals surface area contributed by atoms with E-state index in [0.29, 0.717) is 11.7 Å². The molecule has 1 unspecified atom stereocenters. The van der Waals surface area contributed by atoms with Crippen molar-refractivity contribution in [3.8, 4) is 0 Å². The van der Waals surface area contributed by atoms with Gasteiger partial charge in [0.05, 0.1) is 6.61 Å². The van der Waals surface area contributed by atoms with Crippen LogP contribution in [0.3, 0.4) is 0 Å². The van der Waals surface area contributed by atoms with Crippen molar-refractivity contribution < 1.29 is 9.26 Å². The summed E-state index contributed by atoms with van der Waals surface area (Å²) in [4.78, 5) is 4.60. The van der Waals surface area contributed by atoms with Crippen molar-refractivity contribution in [2.24, 2.45) is 5.92 Å². The van der Waals surface area contributed by atoms with Gasteiger partial charge in [-0.15, -0.1) is 0 Å². The molecule has 1 aliphatic heterocycles. The van der Waals surface area contributed by atoms with E-state index in [1.807, 2.05) is 0 Å². The van der Waals surface area contributed by atoms with E-state index in [2.05, 4.69) is 22.4 Å². The monoisotopic (exact) mass is 293 g/mol. The van der Waals surface area contributed by atoms with E-state index in [0.717, 1.165) is 31.5 Å². The first kappa shape index (κ1) is 15.0. The van der Waals surface area contributed by atoms with Crippen LogP contribution >= 0.6 is 0 Å². The van der Waals surface area contributed by atoms with Crippen LogP contribution in [0.25, 0.3) is 0 Å². The number of rotatable bonds is 5. The van der Waals surface area contributed by atoms with Crippen LogP contribution in [0.15, 0.2) is 4.52 Å². The maximum atomic E-state index is 5.68. The van der Waals surface area contributed by atoms with E-state index >= 15 is 0 Å². The second kappa shape index (κ2) is 7.36. The van der Waals surface area contributed by atoms with E-state index in [4.69, 9.17) is 9.26 Å². The molecule has 5 heteroatoms. The molecule has 0 aromatic carbocycles. The zero-order valence-corrected chi connectivity index (χ0v) is 13.0. The zero-order chi connectivity index (χ0) is 14.5. The Bertz CT molecular complexity index is 421. The summed E-state index contributed by atoms with van der Waals surface area (Å²) in [6.07, 6.45) is 9.03. The summed E-state index contributed by atoms with van der Waals surface area (Å²) in [6, 6.07) is 0. The summed E-state index contributed by atoms with van der Waals surface area (Å²) >= 11 is 0. The van der Waals surface area contributed by atoms with Crippen LogP contribution in [-0.2, 0) is 4.74 Å². The third kappa shape index (κ3) is 3.83. The van der Waals surface area contributed by atoms with Crippen LogP contribution < -0.4 is 5.32 Å². The zero-order valence-electron chi connectivity index (χ0n) is 13.0. The fourth-order valence-corrected chi connectivity index (χ4v) is 3.47. The van der Waals surface area contributed by atoms with Crippen molar-refractivity contribution in [3.63, 3.8) is 0 Å². The summed E-state index contributed by atoms with van der Waals surface area (Å²) in [7, 11) is 0. The van der Waals surface area contributed by atoms with E-state index < -0.39 is 0 Å². The van der Waals surface area contributed by atoms with Gasteiger partial charge in [0.25, 0.3) is 0 Å². The molecule has 2 aliphatic rings. The molecule has 0 bridgehead atoms. The van der Waals surface area contributed by atoms with E-state index in [-0.39, 0.29) is 6.10 Å². The van der Waals surface area contributed by atoms with Gasteiger partial charge in [-0.25, -0.2) is 0 Å². The van der Waals surface area contributed by atoms with Crippen LogP contribution in [0.5, 0.6) is 0 Å². The minimum Gasteiger partial charge on any atom is -0.367 e. The molecule has 1 atom stereocenters. The highest BCUT2D eigenvalue weighted by molar-refractivity contribution is 4.99. The Kier molecular flexibility index (Phi) is 5.25. The largest absolute Gasteiger partial charge is 0.367 e. The summed E-state index contributed by atoms with van der Waals surface area (Å²) in [5.74, 6) is 2.91. The first-order chi connectivity index (χ1) is 10.4. The second-order valence-corrected chi connectivity index (χ2v) is 6.41. The first-order valence-corrected chi connectivity index (χ1v) is 8.52. The maximum absolute atomic E-state index is 5.68. The molecule has 2 fully saturated rings. The number of morpholine rings is 1. The van der Waals surface area contributed by atoms with E-state index in [1.54, 1.807) is 0 Å². The van der Waals surface area contributed by atoms with Crippen LogP contribution in [0, 0.1) is 5.92 Å². The smallest absolute Gasteiger partial charge is 0.229 e. The molecule has 0 radical (unpaired) electrons. The summed E-state index contributed by atoms with van der Waals surface area (Å²) in [6.45, 7) is 4.68. The molecule has 1 aliphatic carbocycles. The SMILES string of the molecule is CCCCC1CCC(c2nc(C3CNCCO3)no2)CC1. The molecule has 5 nitrogen and oxygen atoms in total. The minimum atomic E-state index is -0.0443. The standard InChI is InChI=1S/C16H27N3O2/c1-2-3-4-12-5-7-13(8-6-12)16-18-15(19-21-16)14-11-17-9-10-20-14/h12-14,17H,2-11H2,1H3. The van der Waals surface area contributed by atoms with Gasteiger partial charge in [0.15, 0.2) is 0 Å². The van der Waals surface area contributed by atoms with Gasteiger partial charge in [-0.1, -0.05) is 31.3 Å². The number of hydrogen-bond acceptors (Lipinski definition) is 5. The van der Waals surface area contributed by atoms with Crippen molar-refractivity contribution in [1.29, 1.82) is 0 Å². The summed E-state index contributed by atoms with van der Waals surface area (Å²) in [5, 5.41) is 7.43. The third-order valence-electron chi connectivity index (χ3n) is 4.83. The topological polar surface area (TPSA) is 60.2 Å². The molecule has 1 aromatic heterocycles. The Balaban J connectivity index is 1.52. The second-order valence-electron chi connectivity index (χ2n) is 6.41. The maximum Gasteiger partial charge on any atom is 0.229 e. The lowest BCUT2D eigenvalue weighted by Crippen LogP contribution is -2.33. The van der Waals surface area contributed by atoms with Gasteiger partial charge in [-0.3, -0.25) is 0 Å². The highest BCUT2D eigenvalue weighted by Crippen LogP contribution is 2.37. The first-order valence-electron chi connectivity index (χ1n) is 8.52. The molecule has 1 saturated heterocycles. The normalized spacial score (nSPS) is 30.4. The fraction of sp³-hybridized carbons (Fsp3) is 0.875. The number of nitrogens with one attached hydrogen (secondary N) is 1. The third-order valence-corrected chi connectivity index (χ3v) is 4.83. The molecule has 118 valence electrons. The fourth-order valence-electron chi connectivity index (χ4n) is 3.47. The van der Waals surface area contributed by atoms with Crippen molar-refractivity contribution in [1.82, 2.24) is 15.5 Å². The number of unbranched alkanes of at least 4 members (excludes halogenated alkanes) is 1. The summed E-state index contributed by atoms with van der Waals surface area (Å²) in [5.41, 5.74) is 0. The predicted octanol–water partition coefficient (Wildman–Crippen LogP) is 3.19. The Hall–Kier alpha value is -0.940. The molecule has 2 heterocycles. The van der Waals surface area contributed by atoms with E-state index in [1.165, 1.54) is 44.9 Å². The van der Waals surface area contributed by atoms with Crippen molar-refractivity contribution in [3.05, 3.63) is 11.7 Å². The lowest BCUT2D eigenvalue weighted by molar-refractivity contribution is 0.0208. The molecule has 1 N–H and O–H groups in total. The molecular formula is C16H27N3O2. The average molecular weight is 293 g/mol. The molecular weight excluding hydrogens is 266 g/mol. The molecule has 1 saturated carbocycles. The molecule has 0 amide bonds. The molecule has 1 aromatic rings. The molecule has 3 rings (SSSR count). The Morgan fingerprint density at radius 3 is 2.81 bits per heavy atom. The number of aromatic nitrogens is 2. The van der Waals surface area contributed by atoms with Gasteiger partial charge < -0.3 is 14.6 Å². The van der Waals surface area contributed by atoms with Gasteiger partial charge in [0, 0.05) is 19.0 Å². The Labute approximate surface area is 126 Å². The average Bonchev–Trinajstić information content (AvgIpc) is 3.04. The predicted molar refractivity (Wildman–Crippen MR) is 80.1 cm³/mol. The lowest BCUT2D eigenvalue weighted by atomic mass is 9.80. The van der Waals surface area contributed by atoms with Crippen molar-refractivity contribution in [2.75, 3.05) is 19.7 Å². The number of nitrogens with zero attached hydrogens (tertiary/aromatic N) is 2. The highest BCUT2D eigenvalue weighted by atomic mass is 16.5. The van der Waals surface area contributed by atoms with Gasteiger partial charge >= 0.3 is 0 Å². The van der Waals surface area contributed by atoms with Crippen molar-refractivity contribution >= 4 is 0 Å². The summed E-state index contributed by atoms with van der Waals surface area (Å²) < 4.78 is 11.2. The van der Waals surface area contributed by atoms with Gasteiger partial charge in [-0.2, -0.15) is 4.98 Å². The molecule has 21 heavy (non-hydrogen) atoms. The highest BCUT2D eigenvalue weighted by Gasteiger charge is 2.28. The quantitative estimate of drug-likeness (QED) is 0.903. The number of ether oxygens (including phenoxy) is 1. The van der Waals surface area contributed by atoms with E-state index in [9.17, 15) is 0 Å². The van der Waals surface area contributed by atoms with Gasteiger partial charge in [0.2, 0.25) is 11.7 Å². The Morgan fingerprint density at radius 1 is 1.24 bits per heavy atom. The van der Waals surface area contributed by atoms with Crippen LogP contribution in [0.1, 0.15) is 75.6 Å². The number of hydrogen-bond donors (Lipinski definition) is 1. The Morgan fingerprint density at radius 2 is 2.10 bits per heavy atom. The van der Waals surface area contributed by atoms with Gasteiger partial charge in [-0.05, 0) is 31.6 Å². The minimum absolute atomic E-state index is 0.0443. The van der Waals surface area contributed by atoms with Crippen LogP contribution in [0.2, 0.25) is 0 Å². The lowest BCUT2D eigenvalue weighted by Gasteiger charge is -2.26. The van der Waals surface area contributed by atoms with Gasteiger partial charge in [0.1, 0.15) is 6.10 Å². The van der Waals surface area contributed by atoms with Crippen molar-refractivity contribution in [2.45, 2.75) is 63.9 Å².